The van der Waals surface area contributed by atoms with Crippen LogP contribution in [0.15, 0.2) is 24.3 Å². The summed E-state index contributed by atoms with van der Waals surface area (Å²) < 4.78 is 0. The Balaban J connectivity index is 2.44. The molecule has 19 heavy (non-hydrogen) atoms. The molecule has 1 aromatic carbocycles. The molecule has 0 unspecified atom stereocenters. The molecule has 0 aliphatic rings. The number of anilines is 1. The number of carbonyl (C=O) groups is 2. The molecule has 104 valence electrons. The lowest BCUT2D eigenvalue weighted by molar-refractivity contribution is -0.138. The average molecular weight is 264 g/mol. The van der Waals surface area contributed by atoms with Crippen LogP contribution in [0.4, 0.5) is 5.69 Å². The first-order chi connectivity index (χ1) is 9.02. The van der Waals surface area contributed by atoms with Gasteiger partial charge >= 0.3 is 5.97 Å². The fourth-order valence-corrected chi connectivity index (χ4v) is 1.78. The van der Waals surface area contributed by atoms with Gasteiger partial charge in [0.1, 0.15) is 0 Å². The number of hydrogen-bond acceptors (Lipinski definition) is 3. The molecule has 0 radical (unpaired) electrons. The van der Waals surface area contributed by atoms with E-state index in [0.717, 1.165) is 5.56 Å². The van der Waals surface area contributed by atoms with Crippen molar-refractivity contribution in [3.8, 4) is 0 Å². The fraction of sp³-hybridized carbons (Fsp3) is 0.429. The van der Waals surface area contributed by atoms with Gasteiger partial charge in [0.15, 0.2) is 0 Å². The molecule has 1 aromatic rings. The van der Waals surface area contributed by atoms with Crippen LogP contribution in [-0.4, -0.2) is 35.0 Å². The number of carbonyl (C=O) groups excluding carboxylic acids is 1. The van der Waals surface area contributed by atoms with Gasteiger partial charge in [-0.05, 0) is 31.0 Å². The van der Waals surface area contributed by atoms with Gasteiger partial charge in [0.25, 0.3) is 0 Å². The maximum Gasteiger partial charge on any atom is 0.305 e. The summed E-state index contributed by atoms with van der Waals surface area (Å²) in [6.45, 7) is 2.66. The van der Waals surface area contributed by atoms with Crippen molar-refractivity contribution in [2.24, 2.45) is 0 Å². The fourth-order valence-electron chi connectivity index (χ4n) is 1.78. The smallest absolute Gasteiger partial charge is 0.305 e. The Hall–Kier alpha value is -2.04. The third-order valence-electron chi connectivity index (χ3n) is 2.94. The second-order valence-electron chi connectivity index (χ2n) is 4.36. The third kappa shape index (κ3) is 5.42. The summed E-state index contributed by atoms with van der Waals surface area (Å²) in [5.74, 6) is -0.898. The molecular formula is C14H20N2O3. The molecular weight excluding hydrogens is 244 g/mol. The van der Waals surface area contributed by atoms with Crippen LogP contribution in [0.5, 0.6) is 0 Å². The molecule has 1 amide bonds. The molecule has 0 saturated carbocycles. The minimum Gasteiger partial charge on any atom is -0.481 e. The number of aryl methyl sites for hydroxylation is 1. The Morgan fingerprint density at radius 1 is 1.21 bits per heavy atom. The van der Waals surface area contributed by atoms with E-state index >= 15 is 0 Å². The van der Waals surface area contributed by atoms with E-state index in [2.05, 4.69) is 0 Å². The molecule has 0 atom stereocenters. The van der Waals surface area contributed by atoms with E-state index in [9.17, 15) is 9.59 Å². The van der Waals surface area contributed by atoms with Crippen LogP contribution in [0.2, 0.25) is 0 Å². The standard InChI is InChI=1S/C14H20N2O3/c1-2-16(10-9-14(18)19)13(17)8-5-11-3-6-12(15)7-4-11/h3-4,6-7H,2,5,8-10,15H2,1H3,(H,18,19). The topological polar surface area (TPSA) is 83.6 Å². The first kappa shape index (κ1) is 15.0. The largest absolute Gasteiger partial charge is 0.481 e. The van der Waals surface area contributed by atoms with Gasteiger partial charge in [-0.1, -0.05) is 12.1 Å². The van der Waals surface area contributed by atoms with Crippen molar-refractivity contribution in [2.75, 3.05) is 18.8 Å². The number of hydrogen-bond donors (Lipinski definition) is 2. The van der Waals surface area contributed by atoms with Crippen molar-refractivity contribution in [1.82, 2.24) is 4.90 Å². The van der Waals surface area contributed by atoms with Crippen LogP contribution in [0.1, 0.15) is 25.3 Å². The number of benzene rings is 1. The summed E-state index contributed by atoms with van der Waals surface area (Å²) in [4.78, 5) is 24.0. The van der Waals surface area contributed by atoms with Gasteiger partial charge in [0.05, 0.1) is 6.42 Å². The Morgan fingerprint density at radius 2 is 1.84 bits per heavy atom. The number of nitrogens with two attached hydrogens (primary N) is 1. The first-order valence-corrected chi connectivity index (χ1v) is 6.37. The molecule has 0 bridgehead atoms. The van der Waals surface area contributed by atoms with E-state index in [1.807, 2.05) is 31.2 Å². The van der Waals surface area contributed by atoms with Gasteiger partial charge in [0.2, 0.25) is 5.91 Å². The Morgan fingerprint density at radius 3 is 2.37 bits per heavy atom. The molecule has 5 nitrogen and oxygen atoms in total. The van der Waals surface area contributed by atoms with Gasteiger partial charge in [-0.15, -0.1) is 0 Å². The van der Waals surface area contributed by atoms with Crippen molar-refractivity contribution in [3.05, 3.63) is 29.8 Å². The SMILES string of the molecule is CCN(CCC(=O)O)C(=O)CCc1ccc(N)cc1. The van der Waals surface area contributed by atoms with Crippen molar-refractivity contribution in [1.29, 1.82) is 0 Å². The van der Waals surface area contributed by atoms with E-state index in [0.29, 0.717) is 25.1 Å². The molecule has 3 N–H and O–H groups in total. The van der Waals surface area contributed by atoms with Crippen LogP contribution in [0, 0.1) is 0 Å². The number of amides is 1. The number of carboxylic acids is 1. The lowest BCUT2D eigenvalue weighted by Crippen LogP contribution is -2.32. The van der Waals surface area contributed by atoms with Gasteiger partial charge in [-0.2, -0.15) is 0 Å². The predicted molar refractivity (Wildman–Crippen MR) is 73.7 cm³/mol. The van der Waals surface area contributed by atoms with Crippen molar-refractivity contribution in [2.45, 2.75) is 26.2 Å². The highest BCUT2D eigenvalue weighted by Crippen LogP contribution is 2.09. The number of aliphatic carboxylic acids is 1. The van der Waals surface area contributed by atoms with Crippen LogP contribution in [-0.2, 0) is 16.0 Å². The Labute approximate surface area is 113 Å². The number of nitrogens with zero attached hydrogens (tertiary/aromatic N) is 1. The maximum atomic E-state index is 11.9. The van der Waals surface area contributed by atoms with Crippen LogP contribution < -0.4 is 5.73 Å². The van der Waals surface area contributed by atoms with E-state index < -0.39 is 5.97 Å². The van der Waals surface area contributed by atoms with Gasteiger partial charge in [-0.3, -0.25) is 9.59 Å². The minimum absolute atomic E-state index is 0.0124. The van der Waals surface area contributed by atoms with Crippen LogP contribution >= 0.6 is 0 Å². The Bertz CT molecular complexity index is 429. The lowest BCUT2D eigenvalue weighted by atomic mass is 10.1. The zero-order valence-electron chi connectivity index (χ0n) is 11.1. The predicted octanol–water partition coefficient (Wildman–Crippen LogP) is 1.52. The van der Waals surface area contributed by atoms with E-state index in [1.54, 1.807) is 4.90 Å². The average Bonchev–Trinajstić information content (AvgIpc) is 2.38. The van der Waals surface area contributed by atoms with Gasteiger partial charge in [0, 0.05) is 25.2 Å². The molecule has 5 heteroatoms. The van der Waals surface area contributed by atoms with Crippen molar-refractivity contribution >= 4 is 17.6 Å². The second-order valence-corrected chi connectivity index (χ2v) is 4.36. The molecule has 0 spiro atoms. The highest BCUT2D eigenvalue weighted by Gasteiger charge is 2.12. The molecule has 1 rings (SSSR count). The zero-order chi connectivity index (χ0) is 14.3. The second kappa shape index (κ2) is 7.41. The quantitative estimate of drug-likeness (QED) is 0.731. The summed E-state index contributed by atoms with van der Waals surface area (Å²) in [5, 5.41) is 8.62. The van der Waals surface area contributed by atoms with Crippen molar-refractivity contribution in [3.63, 3.8) is 0 Å². The normalized spacial score (nSPS) is 10.2. The summed E-state index contributed by atoms with van der Waals surface area (Å²) in [6.07, 6.45) is 1.02. The maximum absolute atomic E-state index is 11.9. The number of nitrogen functional groups attached to an aromatic ring is 1. The van der Waals surface area contributed by atoms with Crippen LogP contribution in [0.25, 0.3) is 0 Å². The highest BCUT2D eigenvalue weighted by atomic mass is 16.4. The lowest BCUT2D eigenvalue weighted by Gasteiger charge is -2.19. The molecule has 0 fully saturated rings. The molecule has 0 aliphatic carbocycles. The Kier molecular flexibility index (Phi) is 5.85. The third-order valence-corrected chi connectivity index (χ3v) is 2.94. The molecule has 0 aromatic heterocycles. The molecule has 0 heterocycles. The summed E-state index contributed by atoms with van der Waals surface area (Å²) in [7, 11) is 0. The van der Waals surface area contributed by atoms with Crippen LogP contribution in [0.3, 0.4) is 0 Å². The van der Waals surface area contributed by atoms with E-state index in [1.165, 1.54) is 0 Å². The van der Waals surface area contributed by atoms with E-state index in [4.69, 9.17) is 10.8 Å². The molecule has 0 saturated heterocycles. The highest BCUT2D eigenvalue weighted by molar-refractivity contribution is 5.77. The molecule has 0 aliphatic heterocycles. The van der Waals surface area contributed by atoms with Crippen molar-refractivity contribution < 1.29 is 14.7 Å². The monoisotopic (exact) mass is 264 g/mol. The summed E-state index contributed by atoms with van der Waals surface area (Å²) in [5.41, 5.74) is 7.34. The summed E-state index contributed by atoms with van der Waals surface area (Å²) in [6, 6.07) is 7.41. The number of carboxylic acid groups (broad SMARTS) is 1. The first-order valence-electron chi connectivity index (χ1n) is 6.37. The van der Waals surface area contributed by atoms with Gasteiger partial charge in [-0.25, -0.2) is 0 Å². The number of rotatable bonds is 7. The zero-order valence-corrected chi connectivity index (χ0v) is 11.1. The minimum atomic E-state index is -0.884. The van der Waals surface area contributed by atoms with E-state index in [-0.39, 0.29) is 18.9 Å². The summed E-state index contributed by atoms with van der Waals surface area (Å²) >= 11 is 0. The van der Waals surface area contributed by atoms with Gasteiger partial charge < -0.3 is 15.7 Å².